The Balaban J connectivity index is 1.62. The Labute approximate surface area is 251 Å². The lowest BCUT2D eigenvalue weighted by Crippen LogP contribution is -2.47. The van der Waals surface area contributed by atoms with E-state index in [1.54, 1.807) is 54.3 Å². The number of carbonyl (C=O) groups is 1. The number of nitrogens with one attached hydrogen (secondary N) is 1. The summed E-state index contributed by atoms with van der Waals surface area (Å²) in [6, 6.07) is 18.2. The van der Waals surface area contributed by atoms with Crippen molar-refractivity contribution in [2.45, 2.75) is 43.9 Å². The van der Waals surface area contributed by atoms with Crippen LogP contribution in [0.5, 0.6) is 5.75 Å². The van der Waals surface area contributed by atoms with Crippen LogP contribution in [0.2, 0.25) is 10.0 Å². The second kappa shape index (κ2) is 13.4. The summed E-state index contributed by atoms with van der Waals surface area (Å²) >= 11 is 12.3. The highest BCUT2D eigenvalue weighted by atomic mass is 35.5. The van der Waals surface area contributed by atoms with Gasteiger partial charge in [-0.3, -0.25) is 14.4 Å². The van der Waals surface area contributed by atoms with Gasteiger partial charge in [-0.25, -0.2) is 8.42 Å². The van der Waals surface area contributed by atoms with Gasteiger partial charge in [-0.1, -0.05) is 54.4 Å². The fourth-order valence-electron chi connectivity index (χ4n) is 4.85. The maximum absolute atomic E-state index is 13.5. The van der Waals surface area contributed by atoms with Crippen molar-refractivity contribution < 1.29 is 23.1 Å². The van der Waals surface area contributed by atoms with Crippen molar-refractivity contribution in [2.75, 3.05) is 31.5 Å². The van der Waals surface area contributed by atoms with E-state index in [0.717, 1.165) is 5.56 Å². The first-order valence-electron chi connectivity index (χ1n) is 13.4. The van der Waals surface area contributed by atoms with Crippen molar-refractivity contribution in [2.24, 2.45) is 5.92 Å². The third kappa shape index (κ3) is 7.93. The number of sulfonamides is 1. The topological polar surface area (TPSA) is 99.2 Å². The highest BCUT2D eigenvalue weighted by molar-refractivity contribution is 7.92. The molecule has 3 atom stereocenters. The van der Waals surface area contributed by atoms with Gasteiger partial charge >= 0.3 is 0 Å². The smallest absolute Gasteiger partial charge is 0.261 e. The molecule has 0 bridgehead atoms. The van der Waals surface area contributed by atoms with Crippen LogP contribution in [0.3, 0.4) is 0 Å². The number of benzene rings is 3. The molecule has 0 unspecified atom stereocenters. The van der Waals surface area contributed by atoms with Gasteiger partial charge in [0.2, 0.25) is 5.91 Å². The lowest BCUT2D eigenvalue weighted by Gasteiger charge is -2.34. The van der Waals surface area contributed by atoms with Crippen LogP contribution in [-0.2, 0) is 27.8 Å². The van der Waals surface area contributed by atoms with Crippen molar-refractivity contribution in [3.8, 4) is 5.75 Å². The van der Waals surface area contributed by atoms with E-state index < -0.39 is 10.0 Å². The van der Waals surface area contributed by atoms with Gasteiger partial charge in [-0.05, 0) is 62.0 Å². The Morgan fingerprint density at radius 2 is 1.83 bits per heavy atom. The summed E-state index contributed by atoms with van der Waals surface area (Å²) in [7, 11) is -1.84. The van der Waals surface area contributed by atoms with Crippen LogP contribution in [0.25, 0.3) is 0 Å². The van der Waals surface area contributed by atoms with Crippen LogP contribution in [0.4, 0.5) is 5.69 Å². The lowest BCUT2D eigenvalue weighted by atomic mass is 10.0. The van der Waals surface area contributed by atoms with E-state index in [9.17, 15) is 18.3 Å². The molecule has 0 spiro atoms. The molecule has 0 fully saturated rings. The summed E-state index contributed by atoms with van der Waals surface area (Å²) in [6.45, 7) is 5.19. The number of aliphatic hydroxyl groups excluding tert-OH is 1. The van der Waals surface area contributed by atoms with Gasteiger partial charge in [-0.2, -0.15) is 0 Å². The number of carbonyl (C=O) groups excluding carboxylic acids is 1. The Hall–Kier alpha value is -2.82. The first kappa shape index (κ1) is 31.1. The largest absolute Gasteiger partial charge is 0.488 e. The van der Waals surface area contributed by atoms with Crippen LogP contribution in [-0.4, -0.2) is 68.1 Å². The van der Waals surface area contributed by atoms with Crippen molar-refractivity contribution in [3.63, 3.8) is 0 Å². The predicted molar refractivity (Wildman–Crippen MR) is 162 cm³/mol. The molecule has 11 heteroatoms. The van der Waals surface area contributed by atoms with Crippen LogP contribution in [0.15, 0.2) is 71.6 Å². The van der Waals surface area contributed by atoms with Gasteiger partial charge in [0, 0.05) is 36.8 Å². The number of hydrogen-bond donors (Lipinski definition) is 2. The zero-order valence-electron chi connectivity index (χ0n) is 23.3. The fraction of sp³-hybridized carbons (Fsp3) is 0.367. The molecule has 3 aromatic carbocycles. The molecule has 1 aliphatic heterocycles. The van der Waals surface area contributed by atoms with E-state index in [4.69, 9.17) is 27.9 Å². The Morgan fingerprint density at radius 1 is 1.10 bits per heavy atom. The van der Waals surface area contributed by atoms with Crippen molar-refractivity contribution >= 4 is 44.8 Å². The summed E-state index contributed by atoms with van der Waals surface area (Å²) in [5.41, 5.74) is 1.88. The van der Waals surface area contributed by atoms with Gasteiger partial charge in [0.15, 0.2) is 0 Å². The number of ether oxygens (including phenoxy) is 1. The molecular weight excluding hydrogens is 585 g/mol. The molecule has 0 radical (unpaired) electrons. The second-order valence-electron chi connectivity index (χ2n) is 10.6. The maximum Gasteiger partial charge on any atom is 0.261 e. The monoisotopic (exact) mass is 619 g/mol. The van der Waals surface area contributed by atoms with E-state index in [0.29, 0.717) is 46.7 Å². The van der Waals surface area contributed by atoms with Crippen LogP contribution in [0, 0.1) is 5.92 Å². The molecule has 8 nitrogen and oxygen atoms in total. The zero-order chi connectivity index (χ0) is 29.7. The Kier molecular flexibility index (Phi) is 10.2. The maximum atomic E-state index is 13.5. The molecule has 1 amide bonds. The number of halogens is 2. The second-order valence-corrected chi connectivity index (χ2v) is 13.1. The SMILES string of the molecule is C[C@@H]1CN([C@@H](C)CO)C(=O)Cc2cc(NS(=O)(=O)c3ccccc3)ccc2O[C@@H]1CN(C)Cc1ccc(Cl)c(Cl)c1. The first-order valence-corrected chi connectivity index (χ1v) is 15.6. The standard InChI is InChI=1S/C30H35Cl2N3O5S/c1-20-16-35(21(2)19-36)30(37)15-23-14-24(33-41(38,39)25-7-5-4-6-8-25)10-12-28(23)40-29(20)18-34(3)17-22-9-11-26(31)27(32)13-22/h4-14,20-21,29,33,36H,15-19H2,1-3H3/t20-,21+,29-/m1/s1. The first-order chi connectivity index (χ1) is 19.5. The van der Waals surface area contributed by atoms with Crippen molar-refractivity contribution in [1.82, 2.24) is 9.80 Å². The van der Waals surface area contributed by atoms with Crippen LogP contribution in [0.1, 0.15) is 25.0 Å². The minimum atomic E-state index is -3.82. The van der Waals surface area contributed by atoms with Crippen molar-refractivity contribution in [1.29, 1.82) is 0 Å². The summed E-state index contributed by atoms with van der Waals surface area (Å²) < 4.78 is 35.0. The molecule has 1 heterocycles. The Bertz CT molecular complexity index is 1470. The molecule has 1 aliphatic rings. The highest BCUT2D eigenvalue weighted by Gasteiger charge is 2.31. The molecular formula is C30H35Cl2N3O5S. The minimum absolute atomic E-state index is 0.000862. The normalized spacial score (nSPS) is 18.6. The minimum Gasteiger partial charge on any atom is -0.488 e. The fourth-order valence-corrected chi connectivity index (χ4v) is 6.24. The number of rotatable bonds is 9. The number of fused-ring (bicyclic) bond motifs is 1. The predicted octanol–water partition coefficient (Wildman–Crippen LogP) is 5.08. The molecule has 2 N–H and O–H groups in total. The summed E-state index contributed by atoms with van der Waals surface area (Å²) in [5, 5.41) is 10.9. The number of nitrogens with zero attached hydrogens (tertiary/aromatic N) is 2. The van der Waals surface area contributed by atoms with E-state index in [-0.39, 0.29) is 41.9 Å². The molecule has 0 aliphatic carbocycles. The Morgan fingerprint density at radius 3 is 2.51 bits per heavy atom. The van der Waals surface area contributed by atoms with Gasteiger partial charge in [0.1, 0.15) is 11.9 Å². The average molecular weight is 621 g/mol. The molecule has 3 aromatic rings. The van der Waals surface area contributed by atoms with Gasteiger partial charge in [0.25, 0.3) is 10.0 Å². The zero-order valence-corrected chi connectivity index (χ0v) is 25.6. The van der Waals surface area contributed by atoms with Gasteiger partial charge in [-0.15, -0.1) is 0 Å². The molecule has 4 rings (SSSR count). The van der Waals surface area contributed by atoms with Gasteiger partial charge < -0.3 is 14.7 Å². The molecule has 0 saturated carbocycles. The number of aliphatic hydroxyl groups is 1. The average Bonchev–Trinajstić information content (AvgIpc) is 2.98. The third-order valence-corrected chi connectivity index (χ3v) is 9.29. The number of anilines is 1. The van der Waals surface area contributed by atoms with E-state index in [2.05, 4.69) is 9.62 Å². The van der Waals surface area contributed by atoms with Crippen LogP contribution >= 0.6 is 23.2 Å². The molecule has 0 aromatic heterocycles. The summed E-state index contributed by atoms with van der Waals surface area (Å²) in [5.74, 6) is 0.266. The van der Waals surface area contributed by atoms with Gasteiger partial charge in [0.05, 0.1) is 34.0 Å². The quantitative estimate of drug-likeness (QED) is 0.347. The van der Waals surface area contributed by atoms with Crippen molar-refractivity contribution in [3.05, 3.63) is 87.9 Å². The molecule has 0 saturated heterocycles. The number of hydrogen-bond acceptors (Lipinski definition) is 6. The lowest BCUT2D eigenvalue weighted by molar-refractivity contribution is -0.134. The highest BCUT2D eigenvalue weighted by Crippen LogP contribution is 2.30. The number of likely N-dealkylation sites (N-methyl/N-ethyl adjacent to an activating group) is 1. The van der Waals surface area contributed by atoms with E-state index in [1.165, 1.54) is 12.1 Å². The summed E-state index contributed by atoms with van der Waals surface area (Å²) in [6.07, 6.45) is -0.313. The molecule has 41 heavy (non-hydrogen) atoms. The molecule has 220 valence electrons. The van der Waals surface area contributed by atoms with Crippen LogP contribution < -0.4 is 9.46 Å². The summed E-state index contributed by atoms with van der Waals surface area (Å²) in [4.78, 5) is 17.4. The van der Waals surface area contributed by atoms with E-state index >= 15 is 0 Å². The number of amides is 1. The van der Waals surface area contributed by atoms with E-state index in [1.807, 2.05) is 26.1 Å². The third-order valence-electron chi connectivity index (χ3n) is 7.15.